The molecule has 11 nitrogen and oxygen atoms in total. The summed E-state index contributed by atoms with van der Waals surface area (Å²) >= 11 is 1.00. The molecule has 2 aromatic carbocycles. The second-order valence-electron chi connectivity index (χ2n) is 7.34. The fourth-order valence-corrected chi connectivity index (χ4v) is 5.50. The van der Waals surface area contributed by atoms with Gasteiger partial charge in [-0.2, -0.15) is 5.10 Å². The summed E-state index contributed by atoms with van der Waals surface area (Å²) in [6.45, 7) is 1.84. The van der Waals surface area contributed by atoms with Gasteiger partial charge in [0.1, 0.15) is 12.1 Å². The standard InChI is InChI=1S/C22H20N6O5S2/c1-13-7-8-17(16(9-13)19(29)15-5-3-4-6-18(15)33-2)26-20(30)27-21-23-10-14(34-21)11-35(31,32)22-24-12-25-28-22/h3-10,12H,11H2,1-2H3,(H,24,25,28)(H2,23,26,27,30). The van der Waals surface area contributed by atoms with E-state index in [1.54, 1.807) is 42.5 Å². The highest BCUT2D eigenvalue weighted by Gasteiger charge is 2.22. The predicted molar refractivity (Wildman–Crippen MR) is 130 cm³/mol. The number of ketones is 1. The molecule has 0 aliphatic rings. The predicted octanol–water partition coefficient (Wildman–Crippen LogP) is 3.43. The van der Waals surface area contributed by atoms with E-state index in [4.69, 9.17) is 4.74 Å². The van der Waals surface area contributed by atoms with Crippen LogP contribution in [0, 0.1) is 6.92 Å². The average Bonchev–Trinajstić information content (AvgIpc) is 3.52. The largest absolute Gasteiger partial charge is 0.496 e. The van der Waals surface area contributed by atoms with Crippen molar-refractivity contribution in [1.82, 2.24) is 20.2 Å². The Balaban J connectivity index is 1.49. The Labute approximate surface area is 204 Å². The highest BCUT2D eigenvalue weighted by molar-refractivity contribution is 7.90. The summed E-state index contributed by atoms with van der Waals surface area (Å²) in [5, 5.41) is 11.0. The first-order valence-corrected chi connectivity index (χ1v) is 12.6. The number of para-hydroxylation sites is 1. The molecule has 0 fully saturated rings. The number of ether oxygens (including phenoxy) is 1. The number of urea groups is 1. The normalized spacial score (nSPS) is 11.1. The minimum atomic E-state index is -3.72. The number of aromatic nitrogens is 4. The van der Waals surface area contributed by atoms with Crippen LogP contribution in [-0.4, -0.2) is 47.5 Å². The molecule has 0 saturated heterocycles. The third-order valence-electron chi connectivity index (χ3n) is 4.81. The van der Waals surface area contributed by atoms with Crippen LogP contribution in [0.1, 0.15) is 26.4 Å². The van der Waals surface area contributed by atoms with Crippen LogP contribution < -0.4 is 15.4 Å². The van der Waals surface area contributed by atoms with E-state index in [-0.39, 0.29) is 21.8 Å². The molecule has 0 radical (unpaired) electrons. The Hall–Kier alpha value is -4.10. The van der Waals surface area contributed by atoms with Crippen molar-refractivity contribution in [3.05, 3.63) is 76.6 Å². The van der Waals surface area contributed by atoms with E-state index in [2.05, 4.69) is 30.8 Å². The first-order valence-electron chi connectivity index (χ1n) is 10.2. The molecule has 13 heteroatoms. The smallest absolute Gasteiger partial charge is 0.325 e. The van der Waals surface area contributed by atoms with Crippen LogP contribution in [-0.2, 0) is 15.6 Å². The molecule has 0 spiro atoms. The van der Waals surface area contributed by atoms with Gasteiger partial charge in [-0.15, -0.1) is 11.3 Å². The van der Waals surface area contributed by atoms with Crippen molar-refractivity contribution in [1.29, 1.82) is 0 Å². The highest BCUT2D eigenvalue weighted by Crippen LogP contribution is 2.27. The zero-order valence-electron chi connectivity index (χ0n) is 18.6. The van der Waals surface area contributed by atoms with Gasteiger partial charge in [0, 0.05) is 16.6 Å². The number of benzene rings is 2. The number of nitrogens with one attached hydrogen (secondary N) is 3. The minimum Gasteiger partial charge on any atom is -0.496 e. The number of hydrogen-bond donors (Lipinski definition) is 3. The van der Waals surface area contributed by atoms with Gasteiger partial charge in [-0.05, 0) is 31.2 Å². The van der Waals surface area contributed by atoms with Gasteiger partial charge in [-0.25, -0.2) is 23.2 Å². The SMILES string of the molecule is COc1ccccc1C(=O)c1cc(C)ccc1NC(=O)Nc1ncc(CS(=O)(=O)c2ncn[nH]2)s1. The van der Waals surface area contributed by atoms with Gasteiger partial charge in [0.25, 0.3) is 0 Å². The molecule has 180 valence electrons. The molecule has 4 aromatic rings. The molecule has 35 heavy (non-hydrogen) atoms. The van der Waals surface area contributed by atoms with E-state index in [9.17, 15) is 18.0 Å². The molecular weight excluding hydrogens is 492 g/mol. The summed E-state index contributed by atoms with van der Waals surface area (Å²) in [6.07, 6.45) is 2.46. The molecule has 2 amide bonds. The van der Waals surface area contributed by atoms with E-state index >= 15 is 0 Å². The Morgan fingerprint density at radius 3 is 2.63 bits per heavy atom. The van der Waals surface area contributed by atoms with E-state index in [0.29, 0.717) is 27.4 Å². The summed E-state index contributed by atoms with van der Waals surface area (Å²) in [7, 11) is -2.24. The van der Waals surface area contributed by atoms with Crippen LogP contribution in [0.4, 0.5) is 15.6 Å². The van der Waals surface area contributed by atoms with Gasteiger partial charge in [-0.3, -0.25) is 15.2 Å². The van der Waals surface area contributed by atoms with Crippen molar-refractivity contribution >= 4 is 43.8 Å². The number of amides is 2. The first-order chi connectivity index (χ1) is 16.8. The second-order valence-corrected chi connectivity index (χ2v) is 10.4. The monoisotopic (exact) mass is 512 g/mol. The number of carbonyl (C=O) groups excluding carboxylic acids is 2. The Bertz CT molecular complexity index is 1480. The van der Waals surface area contributed by atoms with Crippen molar-refractivity contribution in [2.45, 2.75) is 17.8 Å². The van der Waals surface area contributed by atoms with Gasteiger partial charge >= 0.3 is 6.03 Å². The average molecular weight is 513 g/mol. The number of carbonyl (C=O) groups is 2. The van der Waals surface area contributed by atoms with E-state index < -0.39 is 15.9 Å². The number of methoxy groups -OCH3 is 1. The van der Waals surface area contributed by atoms with Gasteiger partial charge in [0.2, 0.25) is 15.0 Å². The van der Waals surface area contributed by atoms with E-state index in [1.165, 1.54) is 13.3 Å². The first kappa shape index (κ1) is 24.0. The maximum atomic E-state index is 13.2. The Morgan fingerprint density at radius 2 is 1.89 bits per heavy atom. The number of hydrogen-bond acceptors (Lipinski definition) is 9. The lowest BCUT2D eigenvalue weighted by molar-refractivity contribution is 0.103. The Morgan fingerprint density at radius 1 is 1.09 bits per heavy atom. The van der Waals surface area contributed by atoms with Gasteiger partial charge in [0.15, 0.2) is 10.9 Å². The van der Waals surface area contributed by atoms with Gasteiger partial charge in [0.05, 0.1) is 24.1 Å². The fraction of sp³-hybridized carbons (Fsp3) is 0.136. The van der Waals surface area contributed by atoms with Crippen LogP contribution in [0.2, 0.25) is 0 Å². The number of aromatic amines is 1. The maximum Gasteiger partial charge on any atom is 0.325 e. The van der Waals surface area contributed by atoms with Crippen molar-refractivity contribution in [3.63, 3.8) is 0 Å². The fourth-order valence-electron chi connectivity index (χ4n) is 3.21. The third-order valence-corrected chi connectivity index (χ3v) is 7.39. The molecule has 0 aliphatic carbocycles. The molecule has 0 unspecified atom stereocenters. The molecule has 0 bridgehead atoms. The number of sulfone groups is 1. The van der Waals surface area contributed by atoms with Crippen LogP contribution >= 0.6 is 11.3 Å². The summed E-state index contributed by atoms with van der Waals surface area (Å²) < 4.78 is 30.0. The summed E-state index contributed by atoms with van der Waals surface area (Å²) in [6, 6.07) is 11.3. The lowest BCUT2D eigenvalue weighted by Crippen LogP contribution is -2.21. The number of H-pyrrole nitrogens is 1. The lowest BCUT2D eigenvalue weighted by atomic mass is 9.99. The van der Waals surface area contributed by atoms with Crippen LogP contribution in [0.3, 0.4) is 0 Å². The van der Waals surface area contributed by atoms with Crippen molar-refractivity contribution in [2.24, 2.45) is 0 Å². The maximum absolute atomic E-state index is 13.2. The second kappa shape index (κ2) is 10.0. The molecule has 0 atom stereocenters. The molecular formula is C22H20N6O5S2. The number of anilines is 2. The molecule has 4 rings (SSSR count). The Kier molecular flexibility index (Phi) is 6.89. The van der Waals surface area contributed by atoms with Gasteiger partial charge < -0.3 is 10.1 Å². The summed E-state index contributed by atoms with van der Waals surface area (Å²) in [4.78, 5) is 34.0. The van der Waals surface area contributed by atoms with Crippen molar-refractivity contribution in [3.8, 4) is 5.75 Å². The van der Waals surface area contributed by atoms with Crippen LogP contribution in [0.25, 0.3) is 0 Å². The molecule has 3 N–H and O–H groups in total. The topological polar surface area (TPSA) is 156 Å². The molecule has 2 aromatic heterocycles. The van der Waals surface area contributed by atoms with Crippen molar-refractivity contribution < 1.29 is 22.7 Å². The zero-order valence-corrected chi connectivity index (χ0v) is 20.2. The molecule has 0 saturated carbocycles. The van der Waals surface area contributed by atoms with Crippen molar-refractivity contribution in [2.75, 3.05) is 17.7 Å². The lowest BCUT2D eigenvalue weighted by Gasteiger charge is -2.13. The third kappa shape index (κ3) is 5.53. The molecule has 2 heterocycles. The minimum absolute atomic E-state index is 0.190. The van der Waals surface area contributed by atoms with Crippen LogP contribution in [0.5, 0.6) is 5.75 Å². The number of thiazole rings is 1. The summed E-state index contributed by atoms with van der Waals surface area (Å²) in [5.41, 5.74) is 1.80. The van der Waals surface area contributed by atoms with E-state index in [0.717, 1.165) is 23.2 Å². The summed E-state index contributed by atoms with van der Waals surface area (Å²) in [5.74, 6) is -0.237. The highest BCUT2D eigenvalue weighted by atomic mass is 32.2. The molecule has 0 aliphatic heterocycles. The van der Waals surface area contributed by atoms with E-state index in [1.807, 2.05) is 6.92 Å². The van der Waals surface area contributed by atoms with Crippen LogP contribution in [0.15, 0.2) is 60.1 Å². The zero-order chi connectivity index (χ0) is 25.0. The number of rotatable bonds is 8. The van der Waals surface area contributed by atoms with Gasteiger partial charge in [-0.1, -0.05) is 23.8 Å². The number of nitrogens with zero attached hydrogens (tertiary/aromatic N) is 3. The number of aryl methyl sites for hydroxylation is 1. The quantitative estimate of drug-likeness (QED) is 0.303.